The number of carbonyl (C=O) groups is 1. The second kappa shape index (κ2) is 8.19. The third kappa shape index (κ3) is 3.99. The molecule has 1 amide bonds. The molecule has 3 heterocycles. The number of nitrogens with zero attached hydrogens (tertiary/aromatic N) is 6. The molecule has 29 heavy (non-hydrogen) atoms. The Kier molecular flexibility index (Phi) is 5.29. The maximum atomic E-state index is 12.0. The van der Waals surface area contributed by atoms with E-state index in [1.54, 1.807) is 30.7 Å². The molecular formula is C18H17N7O3S. The average Bonchev–Trinajstić information content (AvgIpc) is 3.37. The van der Waals surface area contributed by atoms with Gasteiger partial charge in [-0.1, -0.05) is 16.6 Å². The average molecular weight is 411 g/mol. The van der Waals surface area contributed by atoms with E-state index in [9.17, 15) is 4.79 Å². The maximum Gasteiger partial charge on any atom is 0.265 e. The predicted molar refractivity (Wildman–Crippen MR) is 105 cm³/mol. The molecule has 0 aliphatic carbocycles. The normalized spacial score (nSPS) is 10.8. The molecule has 0 atom stereocenters. The number of fused-ring (bicyclic) bond motifs is 1. The highest BCUT2D eigenvalue weighted by molar-refractivity contribution is 7.07. The molecule has 4 rings (SSSR count). The van der Waals surface area contributed by atoms with Gasteiger partial charge in [0.2, 0.25) is 5.88 Å². The zero-order chi connectivity index (χ0) is 20.2. The molecule has 0 spiro atoms. The molecule has 1 N–H and O–H groups in total. The second-order valence-corrected chi connectivity index (χ2v) is 6.74. The van der Waals surface area contributed by atoms with E-state index in [-0.39, 0.29) is 12.5 Å². The van der Waals surface area contributed by atoms with Crippen molar-refractivity contribution in [2.45, 2.75) is 6.92 Å². The Hall–Kier alpha value is -3.60. The fraction of sp³-hybridized carbons (Fsp3) is 0.222. The van der Waals surface area contributed by atoms with E-state index in [2.05, 4.69) is 30.2 Å². The van der Waals surface area contributed by atoms with E-state index in [1.165, 1.54) is 0 Å². The molecule has 10 nitrogen and oxygen atoms in total. The third-order valence-electron chi connectivity index (χ3n) is 4.06. The Labute approximate surface area is 169 Å². The van der Waals surface area contributed by atoms with Gasteiger partial charge in [0, 0.05) is 11.6 Å². The lowest BCUT2D eigenvalue weighted by Crippen LogP contribution is -2.28. The molecule has 11 heteroatoms. The van der Waals surface area contributed by atoms with Crippen LogP contribution in [0.25, 0.3) is 17.0 Å². The van der Waals surface area contributed by atoms with Crippen LogP contribution < -0.4 is 14.8 Å². The number of nitrogens with one attached hydrogen (secondary N) is 1. The first-order valence-electron chi connectivity index (χ1n) is 8.72. The van der Waals surface area contributed by atoms with Crippen LogP contribution in [0.3, 0.4) is 0 Å². The standard InChI is InChI=1S/C18H17N7O3S/c1-11-16(29-24-20-11)18(26)19-8-9-28-15-7-6-14-21-22-17(25(14)23-15)12-4-3-5-13(10-12)27-2/h3-7,10H,8-9H2,1-2H3,(H,19,26). The van der Waals surface area contributed by atoms with Crippen molar-refractivity contribution in [1.29, 1.82) is 0 Å². The van der Waals surface area contributed by atoms with E-state index >= 15 is 0 Å². The van der Waals surface area contributed by atoms with Gasteiger partial charge in [0.25, 0.3) is 5.91 Å². The summed E-state index contributed by atoms with van der Waals surface area (Å²) in [5, 5.41) is 19.4. The summed E-state index contributed by atoms with van der Waals surface area (Å²) in [6.07, 6.45) is 0. The quantitative estimate of drug-likeness (QED) is 0.457. The fourth-order valence-corrected chi connectivity index (χ4v) is 3.20. The van der Waals surface area contributed by atoms with Gasteiger partial charge in [-0.25, -0.2) is 0 Å². The first-order valence-corrected chi connectivity index (χ1v) is 9.50. The van der Waals surface area contributed by atoms with Crippen molar-refractivity contribution in [3.05, 3.63) is 47.0 Å². The van der Waals surface area contributed by atoms with Gasteiger partial charge in [-0.2, -0.15) is 4.52 Å². The number of hydrogen-bond donors (Lipinski definition) is 1. The van der Waals surface area contributed by atoms with Gasteiger partial charge in [-0.15, -0.1) is 20.4 Å². The van der Waals surface area contributed by atoms with Crippen molar-refractivity contribution in [3.8, 4) is 23.0 Å². The van der Waals surface area contributed by atoms with Crippen molar-refractivity contribution in [3.63, 3.8) is 0 Å². The van der Waals surface area contributed by atoms with E-state index in [4.69, 9.17) is 9.47 Å². The molecule has 0 bridgehead atoms. The van der Waals surface area contributed by atoms with Crippen LogP contribution in [-0.4, -0.2) is 55.6 Å². The molecule has 4 aromatic rings. The minimum absolute atomic E-state index is 0.219. The molecule has 0 fully saturated rings. The first-order chi connectivity index (χ1) is 14.2. The van der Waals surface area contributed by atoms with Gasteiger partial charge in [0.05, 0.1) is 19.3 Å². The monoisotopic (exact) mass is 411 g/mol. The molecule has 0 aliphatic rings. The lowest BCUT2D eigenvalue weighted by Gasteiger charge is -2.07. The van der Waals surface area contributed by atoms with Crippen LogP contribution in [-0.2, 0) is 0 Å². The smallest absolute Gasteiger partial charge is 0.265 e. The summed E-state index contributed by atoms with van der Waals surface area (Å²) in [5.41, 5.74) is 2.03. The topological polar surface area (TPSA) is 116 Å². The number of benzene rings is 1. The van der Waals surface area contributed by atoms with Crippen molar-refractivity contribution in [2.75, 3.05) is 20.3 Å². The Morgan fingerprint density at radius 2 is 2.10 bits per heavy atom. The Morgan fingerprint density at radius 1 is 1.21 bits per heavy atom. The largest absolute Gasteiger partial charge is 0.497 e. The summed E-state index contributed by atoms with van der Waals surface area (Å²) >= 11 is 1.06. The highest BCUT2D eigenvalue weighted by atomic mass is 32.1. The van der Waals surface area contributed by atoms with Gasteiger partial charge in [-0.05, 0) is 36.7 Å². The number of aromatic nitrogens is 6. The summed E-state index contributed by atoms with van der Waals surface area (Å²) < 4.78 is 16.3. The van der Waals surface area contributed by atoms with Crippen molar-refractivity contribution >= 4 is 23.1 Å². The van der Waals surface area contributed by atoms with Gasteiger partial charge < -0.3 is 14.8 Å². The number of methoxy groups -OCH3 is 1. The van der Waals surface area contributed by atoms with Crippen molar-refractivity contribution in [1.82, 2.24) is 34.7 Å². The summed E-state index contributed by atoms with van der Waals surface area (Å²) in [6.45, 7) is 2.32. The highest BCUT2D eigenvalue weighted by Gasteiger charge is 2.13. The number of amides is 1. The van der Waals surface area contributed by atoms with Crippen molar-refractivity contribution < 1.29 is 14.3 Å². The molecule has 0 radical (unpaired) electrons. The zero-order valence-corrected chi connectivity index (χ0v) is 16.5. The van der Waals surface area contributed by atoms with Crippen LogP contribution in [0.2, 0.25) is 0 Å². The zero-order valence-electron chi connectivity index (χ0n) is 15.7. The van der Waals surface area contributed by atoms with Gasteiger partial charge in [0.15, 0.2) is 11.5 Å². The summed E-state index contributed by atoms with van der Waals surface area (Å²) in [5.74, 6) is 1.47. The number of carbonyl (C=O) groups excluding carboxylic acids is 1. The highest BCUT2D eigenvalue weighted by Crippen LogP contribution is 2.23. The van der Waals surface area contributed by atoms with Crippen LogP contribution in [0.4, 0.5) is 0 Å². The minimum atomic E-state index is -0.219. The molecule has 0 aliphatic heterocycles. The molecule has 0 saturated heterocycles. The summed E-state index contributed by atoms with van der Waals surface area (Å²) in [7, 11) is 1.61. The van der Waals surface area contributed by atoms with Crippen LogP contribution in [0, 0.1) is 6.92 Å². The molecule has 148 valence electrons. The summed E-state index contributed by atoms with van der Waals surface area (Å²) in [6, 6.07) is 11.0. The first kappa shape index (κ1) is 18.7. The number of rotatable bonds is 7. The fourth-order valence-electron chi connectivity index (χ4n) is 2.63. The van der Waals surface area contributed by atoms with Crippen LogP contribution in [0.15, 0.2) is 36.4 Å². The molecule has 1 aromatic carbocycles. The summed E-state index contributed by atoms with van der Waals surface area (Å²) in [4.78, 5) is 12.5. The Bertz CT molecular complexity index is 1160. The van der Waals surface area contributed by atoms with Gasteiger partial charge >= 0.3 is 0 Å². The lowest BCUT2D eigenvalue weighted by molar-refractivity contribution is 0.0949. The van der Waals surface area contributed by atoms with Gasteiger partial charge in [-0.3, -0.25) is 4.79 Å². The number of hydrogen-bond acceptors (Lipinski definition) is 9. The Morgan fingerprint density at radius 3 is 2.90 bits per heavy atom. The molecule has 0 unspecified atom stereocenters. The van der Waals surface area contributed by atoms with E-state index < -0.39 is 0 Å². The SMILES string of the molecule is COc1cccc(-c2nnc3ccc(OCCNC(=O)c4snnc4C)nn23)c1. The van der Waals surface area contributed by atoms with Crippen molar-refractivity contribution in [2.24, 2.45) is 0 Å². The second-order valence-electron chi connectivity index (χ2n) is 5.99. The number of aryl methyl sites for hydroxylation is 1. The van der Waals surface area contributed by atoms with E-state index in [0.29, 0.717) is 40.2 Å². The van der Waals surface area contributed by atoms with Gasteiger partial charge in [0.1, 0.15) is 17.2 Å². The molecule has 0 saturated carbocycles. The van der Waals surface area contributed by atoms with Crippen LogP contribution in [0.1, 0.15) is 15.4 Å². The molecule has 3 aromatic heterocycles. The lowest BCUT2D eigenvalue weighted by atomic mass is 10.2. The molecular weight excluding hydrogens is 394 g/mol. The van der Waals surface area contributed by atoms with Crippen LogP contribution in [0.5, 0.6) is 11.6 Å². The van der Waals surface area contributed by atoms with E-state index in [0.717, 1.165) is 17.1 Å². The predicted octanol–water partition coefficient (Wildman–Crippen LogP) is 1.77. The number of ether oxygens (including phenoxy) is 2. The van der Waals surface area contributed by atoms with Crippen LogP contribution >= 0.6 is 11.5 Å². The third-order valence-corrected chi connectivity index (χ3v) is 4.89. The Balaban J connectivity index is 1.43. The minimum Gasteiger partial charge on any atom is -0.497 e. The van der Waals surface area contributed by atoms with E-state index in [1.807, 2.05) is 24.3 Å². The maximum absolute atomic E-state index is 12.0.